The van der Waals surface area contributed by atoms with Crippen LogP contribution < -0.4 is 5.32 Å². The first-order chi connectivity index (χ1) is 19.9. The molecule has 5 rings (SSSR count). The molecule has 0 bridgehead atoms. The van der Waals surface area contributed by atoms with Gasteiger partial charge in [0.05, 0.1) is 24.6 Å². The van der Waals surface area contributed by atoms with E-state index in [9.17, 15) is 18.8 Å². The maximum absolute atomic E-state index is 14.4. The topological polar surface area (TPSA) is 75.7 Å². The molecule has 1 aliphatic rings. The highest BCUT2D eigenvalue weighted by Gasteiger charge is 2.58. The van der Waals surface area contributed by atoms with E-state index in [1.165, 1.54) is 24.1 Å². The summed E-state index contributed by atoms with van der Waals surface area (Å²) < 4.78 is 19.4. The zero-order valence-electron chi connectivity index (χ0n) is 22.2. The minimum absolute atomic E-state index is 0.118. The molecule has 8 heteroatoms. The summed E-state index contributed by atoms with van der Waals surface area (Å²) in [5, 5.41) is 2.94. The van der Waals surface area contributed by atoms with E-state index < -0.39 is 41.7 Å². The molecule has 0 aliphatic carbocycles. The van der Waals surface area contributed by atoms with Crippen molar-refractivity contribution in [3.63, 3.8) is 0 Å². The molecule has 4 aromatic carbocycles. The molecule has 6 nitrogen and oxygen atoms in total. The highest BCUT2D eigenvalue weighted by atomic mass is 79.9. The Morgan fingerprint density at radius 2 is 1.41 bits per heavy atom. The van der Waals surface area contributed by atoms with E-state index >= 15 is 0 Å². The monoisotopic (exact) mass is 614 g/mol. The van der Waals surface area contributed by atoms with E-state index in [1.54, 1.807) is 36.4 Å². The SMILES string of the molecule is COC(=O)C1C(c2ccccc2)C(C(=O)NCc2ccc(F)cc2)N(C(=O)c2ccccc2Br)C1c1ccccc1. The molecule has 4 unspecified atom stereocenters. The molecular weight excluding hydrogens is 587 g/mol. The van der Waals surface area contributed by atoms with Gasteiger partial charge in [0.25, 0.3) is 5.91 Å². The molecule has 41 heavy (non-hydrogen) atoms. The number of hydrogen-bond donors (Lipinski definition) is 1. The van der Waals surface area contributed by atoms with Crippen LogP contribution in [0.2, 0.25) is 0 Å². The Hall–Kier alpha value is -4.30. The Morgan fingerprint density at radius 3 is 2.02 bits per heavy atom. The van der Waals surface area contributed by atoms with Crippen LogP contribution in [0.3, 0.4) is 0 Å². The number of carbonyl (C=O) groups excluding carboxylic acids is 3. The molecule has 2 amide bonds. The Bertz CT molecular complexity index is 1530. The van der Waals surface area contributed by atoms with Gasteiger partial charge < -0.3 is 15.0 Å². The average Bonchev–Trinajstić information content (AvgIpc) is 3.37. The number of esters is 1. The molecule has 1 heterocycles. The largest absolute Gasteiger partial charge is 0.469 e. The molecule has 0 radical (unpaired) electrons. The second-order valence-corrected chi connectivity index (χ2v) is 10.7. The number of ether oxygens (including phenoxy) is 1. The summed E-state index contributed by atoms with van der Waals surface area (Å²) in [5.74, 6) is -3.33. The highest BCUT2D eigenvalue weighted by molar-refractivity contribution is 9.10. The van der Waals surface area contributed by atoms with Crippen LogP contribution in [-0.2, 0) is 20.9 Å². The van der Waals surface area contributed by atoms with Crippen molar-refractivity contribution in [3.8, 4) is 0 Å². The van der Waals surface area contributed by atoms with Crippen LogP contribution >= 0.6 is 15.9 Å². The Kier molecular flexibility index (Phi) is 8.59. The molecule has 0 aromatic heterocycles. The fraction of sp³-hybridized carbons (Fsp3) is 0.182. The number of nitrogens with zero attached hydrogens (tertiary/aromatic N) is 1. The minimum atomic E-state index is -1.06. The van der Waals surface area contributed by atoms with E-state index in [0.717, 1.165) is 5.56 Å². The number of rotatable bonds is 7. The zero-order valence-corrected chi connectivity index (χ0v) is 23.8. The van der Waals surface area contributed by atoms with Gasteiger partial charge in [-0.2, -0.15) is 0 Å². The molecule has 1 saturated heterocycles. The maximum atomic E-state index is 14.4. The lowest BCUT2D eigenvalue weighted by molar-refractivity contribution is -0.146. The van der Waals surface area contributed by atoms with Crippen molar-refractivity contribution in [2.45, 2.75) is 24.5 Å². The van der Waals surface area contributed by atoms with Gasteiger partial charge in [0.1, 0.15) is 11.9 Å². The summed E-state index contributed by atoms with van der Waals surface area (Å²) in [6.45, 7) is 0.118. The van der Waals surface area contributed by atoms with Gasteiger partial charge in [-0.3, -0.25) is 14.4 Å². The number of hydrogen-bond acceptors (Lipinski definition) is 4. The molecule has 0 spiro atoms. The van der Waals surface area contributed by atoms with Crippen LogP contribution in [0.25, 0.3) is 0 Å². The molecule has 0 saturated carbocycles. The van der Waals surface area contributed by atoms with Crippen molar-refractivity contribution in [2.75, 3.05) is 7.11 Å². The number of amides is 2. The van der Waals surface area contributed by atoms with E-state index in [-0.39, 0.29) is 12.4 Å². The lowest BCUT2D eigenvalue weighted by atomic mass is 9.80. The van der Waals surface area contributed by atoms with Gasteiger partial charge in [-0.1, -0.05) is 84.9 Å². The van der Waals surface area contributed by atoms with Crippen LogP contribution in [-0.4, -0.2) is 35.8 Å². The lowest BCUT2D eigenvalue weighted by Crippen LogP contribution is -2.48. The number of nitrogens with one attached hydrogen (secondary N) is 1. The average molecular weight is 615 g/mol. The van der Waals surface area contributed by atoms with Crippen LogP contribution in [0, 0.1) is 11.7 Å². The Labute approximate surface area is 246 Å². The van der Waals surface area contributed by atoms with Crippen LogP contribution in [0.5, 0.6) is 0 Å². The van der Waals surface area contributed by atoms with E-state index in [2.05, 4.69) is 21.2 Å². The van der Waals surface area contributed by atoms with Crippen molar-refractivity contribution >= 4 is 33.7 Å². The van der Waals surface area contributed by atoms with Crippen molar-refractivity contribution in [2.24, 2.45) is 5.92 Å². The highest BCUT2D eigenvalue weighted by Crippen LogP contribution is 2.51. The van der Waals surface area contributed by atoms with Crippen LogP contribution in [0.4, 0.5) is 4.39 Å². The van der Waals surface area contributed by atoms with E-state index in [0.29, 0.717) is 21.2 Å². The van der Waals surface area contributed by atoms with Gasteiger partial charge in [0.2, 0.25) is 5.91 Å². The molecule has 208 valence electrons. The van der Waals surface area contributed by atoms with Crippen molar-refractivity contribution in [3.05, 3.63) is 142 Å². The quantitative estimate of drug-likeness (QED) is 0.257. The summed E-state index contributed by atoms with van der Waals surface area (Å²) in [6.07, 6.45) is 0. The molecule has 1 fully saturated rings. The molecule has 1 N–H and O–H groups in total. The summed E-state index contributed by atoms with van der Waals surface area (Å²) in [6, 6.07) is 29.4. The number of benzene rings is 4. The molecule has 1 aliphatic heterocycles. The van der Waals surface area contributed by atoms with Crippen molar-refractivity contribution in [1.29, 1.82) is 0 Å². The first-order valence-corrected chi connectivity index (χ1v) is 14.0. The van der Waals surface area contributed by atoms with Crippen molar-refractivity contribution < 1.29 is 23.5 Å². The van der Waals surface area contributed by atoms with Gasteiger partial charge >= 0.3 is 5.97 Å². The second kappa shape index (κ2) is 12.5. The van der Waals surface area contributed by atoms with E-state index in [1.807, 2.05) is 60.7 Å². The van der Waals surface area contributed by atoms with Crippen LogP contribution in [0.15, 0.2) is 114 Å². The third-order valence-electron chi connectivity index (χ3n) is 7.45. The summed E-state index contributed by atoms with van der Waals surface area (Å²) >= 11 is 3.49. The van der Waals surface area contributed by atoms with Crippen LogP contribution in [0.1, 0.15) is 39.0 Å². The molecule has 4 atom stereocenters. The predicted molar refractivity (Wildman–Crippen MR) is 156 cm³/mol. The van der Waals surface area contributed by atoms with Gasteiger partial charge in [-0.15, -0.1) is 0 Å². The van der Waals surface area contributed by atoms with E-state index in [4.69, 9.17) is 4.74 Å². The fourth-order valence-electron chi connectivity index (χ4n) is 5.62. The maximum Gasteiger partial charge on any atom is 0.311 e. The fourth-order valence-corrected chi connectivity index (χ4v) is 6.07. The zero-order chi connectivity index (χ0) is 28.9. The molecule has 4 aromatic rings. The van der Waals surface area contributed by atoms with Crippen molar-refractivity contribution in [1.82, 2.24) is 10.2 Å². The third-order valence-corrected chi connectivity index (χ3v) is 8.14. The lowest BCUT2D eigenvalue weighted by Gasteiger charge is -2.32. The Morgan fingerprint density at radius 1 is 0.829 bits per heavy atom. The summed E-state index contributed by atoms with van der Waals surface area (Å²) in [5.41, 5.74) is 2.50. The first-order valence-electron chi connectivity index (χ1n) is 13.2. The summed E-state index contributed by atoms with van der Waals surface area (Å²) in [7, 11) is 1.31. The van der Waals surface area contributed by atoms with Gasteiger partial charge in [0, 0.05) is 16.9 Å². The normalized spacial score (nSPS) is 19.9. The third kappa shape index (κ3) is 5.79. The number of methoxy groups -OCH3 is 1. The number of likely N-dealkylation sites (tertiary alicyclic amines) is 1. The molecular formula is C33H28BrFN2O4. The minimum Gasteiger partial charge on any atom is -0.469 e. The Balaban J connectivity index is 1.68. The smallest absolute Gasteiger partial charge is 0.311 e. The number of halogens is 2. The predicted octanol–water partition coefficient (Wildman–Crippen LogP) is 6.04. The summed E-state index contributed by atoms with van der Waals surface area (Å²) in [4.78, 5) is 43.7. The number of carbonyl (C=O) groups is 3. The van der Waals surface area contributed by atoms with Gasteiger partial charge in [0.15, 0.2) is 0 Å². The van der Waals surface area contributed by atoms with Gasteiger partial charge in [-0.05, 0) is 56.9 Å². The first kappa shape index (κ1) is 28.2. The standard InChI is InChI=1S/C33H28BrFN2O4/c1-41-33(40)28-27(22-10-4-2-5-11-22)30(31(38)36-20-21-16-18-24(35)19-17-21)37(29(28)23-12-6-3-7-13-23)32(39)25-14-8-9-15-26(25)34/h2-19,27-30H,20H2,1H3,(H,36,38). The second-order valence-electron chi connectivity index (χ2n) is 9.82. The van der Waals surface area contributed by atoms with Gasteiger partial charge in [-0.25, -0.2) is 4.39 Å².